The summed E-state index contributed by atoms with van der Waals surface area (Å²) in [4.78, 5) is 0. The van der Waals surface area contributed by atoms with Crippen LogP contribution in [0.25, 0.3) is 0 Å². The molecule has 4 nitrogen and oxygen atoms in total. The van der Waals surface area contributed by atoms with Gasteiger partial charge in [-0.3, -0.25) is 0 Å². The zero-order valence-corrected chi connectivity index (χ0v) is 30.0. The average molecular weight is 605 g/mol. The van der Waals surface area contributed by atoms with Crippen LogP contribution in [0.15, 0.2) is 0 Å². The van der Waals surface area contributed by atoms with E-state index in [4.69, 9.17) is 0 Å². The van der Waals surface area contributed by atoms with Crippen molar-refractivity contribution >= 4 is 0 Å². The Labute approximate surface area is 270 Å². The quantitative estimate of drug-likeness (QED) is 0.0686. The summed E-state index contributed by atoms with van der Waals surface area (Å²) in [5.74, 6) is 0. The maximum Gasteiger partial charge on any atom is 0.129 e. The highest BCUT2D eigenvalue weighted by Gasteiger charge is 2.50. The monoisotopic (exact) mass is 605 g/mol. The van der Waals surface area contributed by atoms with Crippen molar-refractivity contribution in [3.63, 3.8) is 0 Å². The highest BCUT2D eigenvalue weighted by atomic mass is 15.5. The van der Waals surface area contributed by atoms with Gasteiger partial charge in [-0.2, -0.15) is 0 Å². The lowest BCUT2D eigenvalue weighted by atomic mass is 10.0. The molecule has 6 rings (SSSR count). The van der Waals surface area contributed by atoms with Gasteiger partial charge in [0.05, 0.1) is 26.2 Å². The number of hydrogen-bond donors (Lipinski definition) is 0. The predicted octanol–water partition coefficient (Wildman–Crippen LogP) is 8.54. The SMILES string of the molecule is CCCCCCCCCCCC[N+]12CC[N+](CCC[N+]34CC[N+](CCCCCCCCCCCC)(CC3)CC4)(CC1)CC2. The third-order valence-electron chi connectivity index (χ3n) is 13.5. The molecule has 6 fully saturated rings. The minimum absolute atomic E-state index is 1.37. The van der Waals surface area contributed by atoms with Crippen LogP contribution >= 0.6 is 0 Å². The molecular formula is C39H80N4+4. The van der Waals surface area contributed by atoms with Crippen molar-refractivity contribution in [2.75, 3.05) is 105 Å². The Morgan fingerprint density at radius 1 is 0.233 bits per heavy atom. The summed E-state index contributed by atoms with van der Waals surface area (Å²) in [6.45, 7) is 28.6. The van der Waals surface area contributed by atoms with E-state index in [-0.39, 0.29) is 0 Å². The summed E-state index contributed by atoms with van der Waals surface area (Å²) in [7, 11) is 0. The van der Waals surface area contributed by atoms with Crippen molar-refractivity contribution in [1.29, 1.82) is 0 Å². The van der Waals surface area contributed by atoms with E-state index in [1.165, 1.54) is 257 Å². The fourth-order valence-corrected chi connectivity index (χ4v) is 9.84. The molecule has 43 heavy (non-hydrogen) atoms. The van der Waals surface area contributed by atoms with E-state index in [1.54, 1.807) is 0 Å². The standard InChI is InChI=1S/C39H80N4/c1-3-5-7-9-11-13-15-17-19-21-24-40-28-34-42(35-29-40,36-30-40)26-23-27-43-37-31-41(32-38-43,33-39-43)25-22-20-18-16-14-12-10-8-6-4-2/h3-39H2,1-2H3/q+4. The molecule has 0 aromatic rings. The molecule has 0 atom stereocenters. The molecule has 0 saturated carbocycles. The van der Waals surface area contributed by atoms with Crippen LogP contribution in [0.4, 0.5) is 0 Å². The third-order valence-corrected chi connectivity index (χ3v) is 13.5. The average Bonchev–Trinajstić information content (AvgIpc) is 3.05. The first-order valence-electron chi connectivity index (χ1n) is 20.5. The van der Waals surface area contributed by atoms with Crippen molar-refractivity contribution in [3.05, 3.63) is 0 Å². The molecular weight excluding hydrogens is 524 g/mol. The fraction of sp³-hybridized carbons (Fsp3) is 1.00. The summed E-state index contributed by atoms with van der Waals surface area (Å²) in [5, 5.41) is 0. The molecule has 0 unspecified atom stereocenters. The van der Waals surface area contributed by atoms with Gasteiger partial charge in [0.25, 0.3) is 0 Å². The van der Waals surface area contributed by atoms with Gasteiger partial charge in [-0.05, 0) is 25.7 Å². The first-order valence-corrected chi connectivity index (χ1v) is 20.5. The van der Waals surface area contributed by atoms with Gasteiger partial charge in [-0.1, -0.05) is 117 Å². The van der Waals surface area contributed by atoms with Crippen LogP contribution < -0.4 is 0 Å². The largest absolute Gasteiger partial charge is 0.310 e. The molecule has 0 aliphatic carbocycles. The van der Waals surface area contributed by atoms with Crippen molar-refractivity contribution < 1.29 is 17.9 Å². The number of fused-ring (bicyclic) bond motifs is 6. The fourth-order valence-electron chi connectivity index (χ4n) is 9.84. The molecule has 4 heteroatoms. The zero-order chi connectivity index (χ0) is 30.2. The second-order valence-electron chi connectivity index (χ2n) is 16.7. The van der Waals surface area contributed by atoms with Crippen LogP contribution in [0.5, 0.6) is 0 Å². The van der Waals surface area contributed by atoms with Crippen molar-refractivity contribution in [2.45, 2.75) is 149 Å². The van der Waals surface area contributed by atoms with Gasteiger partial charge in [-0.25, -0.2) is 0 Å². The highest BCUT2D eigenvalue weighted by Crippen LogP contribution is 2.31. The molecule has 0 amide bonds. The van der Waals surface area contributed by atoms with Crippen LogP contribution in [0, 0.1) is 0 Å². The number of unbranched alkanes of at least 4 members (excludes halogenated alkanes) is 18. The second-order valence-corrected chi connectivity index (χ2v) is 16.7. The summed E-state index contributed by atoms with van der Waals surface area (Å²) in [6, 6.07) is 0. The Hall–Kier alpha value is -0.160. The number of rotatable bonds is 26. The van der Waals surface area contributed by atoms with E-state index < -0.39 is 0 Å². The van der Waals surface area contributed by atoms with Gasteiger partial charge in [0.15, 0.2) is 0 Å². The van der Waals surface area contributed by atoms with Gasteiger partial charge >= 0.3 is 0 Å². The van der Waals surface area contributed by atoms with E-state index in [9.17, 15) is 0 Å². The van der Waals surface area contributed by atoms with Gasteiger partial charge in [-0.15, -0.1) is 0 Å². The topological polar surface area (TPSA) is 0 Å². The maximum atomic E-state index is 2.32. The van der Waals surface area contributed by atoms with Crippen LogP contribution in [0.3, 0.4) is 0 Å². The summed E-state index contributed by atoms with van der Waals surface area (Å²) in [6.07, 6.45) is 30.9. The molecule has 6 saturated heterocycles. The maximum absolute atomic E-state index is 2.32. The minimum atomic E-state index is 1.37. The van der Waals surface area contributed by atoms with E-state index in [1.807, 2.05) is 0 Å². The highest BCUT2D eigenvalue weighted by molar-refractivity contribution is 4.66. The van der Waals surface area contributed by atoms with Crippen molar-refractivity contribution in [2.24, 2.45) is 0 Å². The molecule has 6 aliphatic heterocycles. The normalized spacial score (nSPS) is 31.7. The lowest BCUT2D eigenvalue weighted by Gasteiger charge is -2.57. The lowest BCUT2D eigenvalue weighted by Crippen LogP contribution is -2.76. The Bertz CT molecular complexity index is 626. The third kappa shape index (κ3) is 11.5. The van der Waals surface area contributed by atoms with Crippen LogP contribution in [-0.4, -0.2) is 123 Å². The van der Waals surface area contributed by atoms with E-state index in [0.717, 1.165) is 0 Å². The van der Waals surface area contributed by atoms with Gasteiger partial charge < -0.3 is 17.9 Å². The molecule has 0 N–H and O–H groups in total. The Kier molecular flexibility index (Phi) is 15.6. The van der Waals surface area contributed by atoms with E-state index in [0.29, 0.717) is 0 Å². The predicted molar refractivity (Wildman–Crippen MR) is 187 cm³/mol. The molecule has 6 heterocycles. The second kappa shape index (κ2) is 18.9. The van der Waals surface area contributed by atoms with Crippen LogP contribution in [0.1, 0.15) is 149 Å². The first-order chi connectivity index (χ1) is 21.1. The van der Waals surface area contributed by atoms with Crippen molar-refractivity contribution in [3.8, 4) is 0 Å². The number of quaternary nitrogens is 4. The van der Waals surface area contributed by atoms with Gasteiger partial charge in [0.1, 0.15) is 78.5 Å². The molecule has 0 aromatic heterocycles. The van der Waals surface area contributed by atoms with Gasteiger partial charge in [0.2, 0.25) is 0 Å². The molecule has 0 aromatic carbocycles. The number of nitrogens with zero attached hydrogens (tertiary/aromatic N) is 4. The smallest absolute Gasteiger partial charge is 0.129 e. The lowest BCUT2D eigenvalue weighted by molar-refractivity contribution is -1.09. The van der Waals surface area contributed by atoms with E-state index >= 15 is 0 Å². The first kappa shape index (κ1) is 35.7. The van der Waals surface area contributed by atoms with E-state index in [2.05, 4.69) is 13.8 Å². The Morgan fingerprint density at radius 2 is 0.419 bits per heavy atom. The Balaban J connectivity index is 1.01. The molecule has 0 radical (unpaired) electrons. The Morgan fingerprint density at radius 3 is 0.651 bits per heavy atom. The minimum Gasteiger partial charge on any atom is -0.310 e. The van der Waals surface area contributed by atoms with Crippen LogP contribution in [0.2, 0.25) is 0 Å². The van der Waals surface area contributed by atoms with Crippen molar-refractivity contribution in [1.82, 2.24) is 0 Å². The molecule has 0 spiro atoms. The molecule has 6 aliphatic rings. The number of piperazine rings is 6. The summed E-state index contributed by atoms with van der Waals surface area (Å²) >= 11 is 0. The van der Waals surface area contributed by atoms with Gasteiger partial charge in [0, 0.05) is 6.42 Å². The molecule has 4 bridgehead atoms. The molecule has 252 valence electrons. The van der Waals surface area contributed by atoms with Crippen LogP contribution in [-0.2, 0) is 0 Å². The zero-order valence-electron chi connectivity index (χ0n) is 30.0. The number of hydrogen-bond acceptors (Lipinski definition) is 0. The summed E-state index contributed by atoms with van der Waals surface area (Å²) < 4.78 is 5.99. The summed E-state index contributed by atoms with van der Waals surface area (Å²) in [5.41, 5.74) is 0.